The molecule has 31 heavy (non-hydrogen) atoms. The van der Waals surface area contributed by atoms with Crippen LogP contribution in [0.1, 0.15) is 15.9 Å². The average molecular weight is 419 g/mol. The molecule has 1 amide bonds. The second-order valence-corrected chi connectivity index (χ2v) is 6.78. The van der Waals surface area contributed by atoms with Crippen LogP contribution < -0.4 is 14.8 Å². The highest BCUT2D eigenvalue weighted by atomic mass is 16.5. The number of amides is 1. The summed E-state index contributed by atoms with van der Waals surface area (Å²) in [4.78, 5) is 24.9. The first-order valence-electron chi connectivity index (χ1n) is 9.99. The second-order valence-electron chi connectivity index (χ2n) is 6.78. The molecule has 6 nitrogen and oxygen atoms in total. The van der Waals surface area contributed by atoms with E-state index in [0.717, 1.165) is 11.3 Å². The number of ether oxygens (including phenoxy) is 3. The van der Waals surface area contributed by atoms with Crippen LogP contribution in [0, 0.1) is 0 Å². The molecule has 0 fully saturated rings. The van der Waals surface area contributed by atoms with Crippen LogP contribution in [-0.2, 0) is 16.0 Å². The van der Waals surface area contributed by atoms with Gasteiger partial charge in [0.25, 0.3) is 5.91 Å². The van der Waals surface area contributed by atoms with Gasteiger partial charge in [-0.2, -0.15) is 0 Å². The first-order valence-corrected chi connectivity index (χ1v) is 9.99. The Morgan fingerprint density at radius 2 is 1.42 bits per heavy atom. The van der Waals surface area contributed by atoms with E-state index >= 15 is 0 Å². The summed E-state index contributed by atoms with van der Waals surface area (Å²) in [6, 6.07) is 24.9. The van der Waals surface area contributed by atoms with E-state index in [2.05, 4.69) is 5.32 Å². The number of hydrogen-bond acceptors (Lipinski definition) is 5. The lowest BCUT2D eigenvalue weighted by atomic mass is 10.1. The quantitative estimate of drug-likeness (QED) is 0.401. The van der Waals surface area contributed by atoms with Crippen molar-refractivity contribution in [3.63, 3.8) is 0 Å². The smallest absolute Gasteiger partial charge is 0.328 e. The number of nitrogens with one attached hydrogen (secondary N) is 1. The molecule has 0 heterocycles. The van der Waals surface area contributed by atoms with Gasteiger partial charge in [0.05, 0.1) is 7.11 Å². The fourth-order valence-electron chi connectivity index (χ4n) is 2.99. The SMILES string of the molecule is COC(=O)C(Cc1ccccc1)NC(=O)c1cccc(OCCOc2ccccc2)c1. The second kappa shape index (κ2) is 11.4. The molecular formula is C25H25NO5. The van der Waals surface area contributed by atoms with Gasteiger partial charge in [-0.05, 0) is 35.9 Å². The van der Waals surface area contributed by atoms with E-state index in [1.165, 1.54) is 7.11 Å². The van der Waals surface area contributed by atoms with Crippen LogP contribution in [0.4, 0.5) is 0 Å². The van der Waals surface area contributed by atoms with E-state index in [-0.39, 0.29) is 5.91 Å². The van der Waals surface area contributed by atoms with Crippen molar-refractivity contribution in [1.29, 1.82) is 0 Å². The van der Waals surface area contributed by atoms with Crippen molar-refractivity contribution in [3.05, 3.63) is 96.1 Å². The van der Waals surface area contributed by atoms with Crippen LogP contribution >= 0.6 is 0 Å². The molecule has 0 saturated heterocycles. The highest BCUT2D eigenvalue weighted by Gasteiger charge is 2.22. The van der Waals surface area contributed by atoms with Gasteiger partial charge in [-0.15, -0.1) is 0 Å². The Morgan fingerprint density at radius 3 is 2.10 bits per heavy atom. The van der Waals surface area contributed by atoms with Gasteiger partial charge in [-0.1, -0.05) is 54.6 Å². The van der Waals surface area contributed by atoms with E-state index in [4.69, 9.17) is 14.2 Å². The summed E-state index contributed by atoms with van der Waals surface area (Å²) >= 11 is 0. The molecule has 1 unspecified atom stereocenters. The Labute approximate surface area is 181 Å². The number of methoxy groups -OCH3 is 1. The predicted octanol–water partition coefficient (Wildman–Crippen LogP) is 3.66. The zero-order chi connectivity index (χ0) is 21.9. The van der Waals surface area contributed by atoms with Crippen LogP contribution in [0.15, 0.2) is 84.9 Å². The van der Waals surface area contributed by atoms with Crippen LogP contribution in [-0.4, -0.2) is 38.2 Å². The first kappa shape index (κ1) is 21.9. The van der Waals surface area contributed by atoms with E-state index in [9.17, 15) is 9.59 Å². The van der Waals surface area contributed by atoms with Gasteiger partial charge in [0.2, 0.25) is 0 Å². The summed E-state index contributed by atoms with van der Waals surface area (Å²) in [5.74, 6) is 0.438. The number of rotatable bonds is 10. The lowest BCUT2D eigenvalue weighted by Gasteiger charge is -2.17. The third kappa shape index (κ3) is 6.89. The molecular weight excluding hydrogens is 394 g/mol. The number of para-hydroxylation sites is 1. The van der Waals surface area contributed by atoms with Gasteiger partial charge in [0.15, 0.2) is 0 Å². The van der Waals surface area contributed by atoms with E-state index < -0.39 is 12.0 Å². The fraction of sp³-hybridized carbons (Fsp3) is 0.200. The summed E-state index contributed by atoms with van der Waals surface area (Å²) in [6.45, 7) is 0.709. The molecule has 0 spiro atoms. The molecule has 0 aliphatic rings. The van der Waals surface area contributed by atoms with E-state index in [0.29, 0.717) is 30.9 Å². The van der Waals surface area contributed by atoms with Crippen molar-refractivity contribution in [2.24, 2.45) is 0 Å². The van der Waals surface area contributed by atoms with Gasteiger partial charge in [0.1, 0.15) is 30.8 Å². The third-order valence-electron chi connectivity index (χ3n) is 4.53. The summed E-state index contributed by atoms with van der Waals surface area (Å²) in [7, 11) is 1.30. The van der Waals surface area contributed by atoms with Gasteiger partial charge >= 0.3 is 5.97 Å². The molecule has 1 atom stereocenters. The van der Waals surface area contributed by atoms with Crippen LogP contribution in [0.2, 0.25) is 0 Å². The number of esters is 1. The van der Waals surface area contributed by atoms with Crippen molar-refractivity contribution < 1.29 is 23.8 Å². The van der Waals surface area contributed by atoms with Crippen molar-refractivity contribution >= 4 is 11.9 Å². The molecule has 6 heteroatoms. The zero-order valence-electron chi connectivity index (χ0n) is 17.3. The van der Waals surface area contributed by atoms with Crippen molar-refractivity contribution in [2.45, 2.75) is 12.5 Å². The van der Waals surface area contributed by atoms with E-state index in [1.807, 2.05) is 60.7 Å². The minimum absolute atomic E-state index is 0.332. The summed E-state index contributed by atoms with van der Waals surface area (Å²) in [5.41, 5.74) is 1.32. The lowest BCUT2D eigenvalue weighted by molar-refractivity contribution is -0.142. The van der Waals surface area contributed by atoms with Gasteiger partial charge in [0, 0.05) is 12.0 Å². The Hall–Kier alpha value is -3.80. The van der Waals surface area contributed by atoms with Crippen LogP contribution in [0.25, 0.3) is 0 Å². The normalized spacial score (nSPS) is 11.3. The molecule has 3 aromatic rings. The molecule has 0 bridgehead atoms. The summed E-state index contributed by atoms with van der Waals surface area (Å²) < 4.78 is 16.1. The monoisotopic (exact) mass is 419 g/mol. The largest absolute Gasteiger partial charge is 0.490 e. The van der Waals surface area contributed by atoms with Crippen LogP contribution in [0.5, 0.6) is 11.5 Å². The molecule has 0 aliphatic heterocycles. The number of carbonyl (C=O) groups excluding carboxylic acids is 2. The fourth-order valence-corrected chi connectivity index (χ4v) is 2.99. The topological polar surface area (TPSA) is 73.9 Å². The lowest BCUT2D eigenvalue weighted by Crippen LogP contribution is -2.43. The number of carbonyl (C=O) groups is 2. The Morgan fingerprint density at radius 1 is 0.806 bits per heavy atom. The molecule has 160 valence electrons. The predicted molar refractivity (Wildman–Crippen MR) is 117 cm³/mol. The molecule has 3 aromatic carbocycles. The highest BCUT2D eigenvalue weighted by molar-refractivity contribution is 5.97. The summed E-state index contributed by atoms with van der Waals surface area (Å²) in [5, 5.41) is 2.75. The van der Waals surface area contributed by atoms with Gasteiger partial charge < -0.3 is 19.5 Å². The molecule has 1 N–H and O–H groups in total. The van der Waals surface area contributed by atoms with Gasteiger partial charge in [-0.3, -0.25) is 4.79 Å². The first-order chi connectivity index (χ1) is 15.2. The van der Waals surface area contributed by atoms with Crippen LogP contribution in [0.3, 0.4) is 0 Å². The van der Waals surface area contributed by atoms with Crippen molar-refractivity contribution in [2.75, 3.05) is 20.3 Å². The highest BCUT2D eigenvalue weighted by Crippen LogP contribution is 2.15. The molecule has 3 rings (SSSR count). The average Bonchev–Trinajstić information content (AvgIpc) is 2.82. The maximum Gasteiger partial charge on any atom is 0.328 e. The molecule has 0 aliphatic carbocycles. The minimum atomic E-state index is -0.788. The Balaban J connectivity index is 1.56. The Bertz CT molecular complexity index is 975. The van der Waals surface area contributed by atoms with Crippen molar-refractivity contribution in [1.82, 2.24) is 5.32 Å². The molecule has 0 radical (unpaired) electrons. The van der Waals surface area contributed by atoms with Crippen molar-refractivity contribution in [3.8, 4) is 11.5 Å². The molecule has 0 aromatic heterocycles. The molecule has 0 saturated carbocycles. The minimum Gasteiger partial charge on any atom is -0.490 e. The van der Waals surface area contributed by atoms with E-state index in [1.54, 1.807) is 24.3 Å². The maximum absolute atomic E-state index is 12.7. The zero-order valence-corrected chi connectivity index (χ0v) is 17.3. The third-order valence-corrected chi connectivity index (χ3v) is 4.53. The number of hydrogen-bond donors (Lipinski definition) is 1. The number of benzene rings is 3. The van der Waals surface area contributed by atoms with Gasteiger partial charge in [-0.25, -0.2) is 4.79 Å². The standard InChI is InChI=1S/C25H25NO5/c1-29-25(28)23(17-19-9-4-2-5-10-19)26-24(27)20-11-8-14-22(18-20)31-16-15-30-21-12-6-3-7-13-21/h2-14,18,23H,15-17H2,1H3,(H,26,27). The summed E-state index contributed by atoms with van der Waals surface area (Å²) in [6.07, 6.45) is 0.340. The Kier molecular flexibility index (Phi) is 8.05. The maximum atomic E-state index is 12.7.